The summed E-state index contributed by atoms with van der Waals surface area (Å²) in [7, 11) is 2.14. The Morgan fingerprint density at radius 1 is 1.50 bits per heavy atom. The summed E-state index contributed by atoms with van der Waals surface area (Å²) in [6.07, 6.45) is 1.73. The molecule has 1 aliphatic rings. The zero-order valence-corrected chi connectivity index (χ0v) is 9.27. The van der Waals surface area contributed by atoms with Crippen LogP contribution in [0.2, 0.25) is 0 Å². The van der Waals surface area contributed by atoms with Crippen molar-refractivity contribution in [2.24, 2.45) is 0 Å². The fourth-order valence-corrected chi connectivity index (χ4v) is 1.93. The Labute approximate surface area is 93.6 Å². The van der Waals surface area contributed by atoms with E-state index in [1.807, 2.05) is 4.90 Å². The molecule has 6 heteroatoms. The van der Waals surface area contributed by atoms with Gasteiger partial charge in [0.05, 0.1) is 18.2 Å². The number of aromatic amines is 1. The molecule has 2 heterocycles. The van der Waals surface area contributed by atoms with Crippen molar-refractivity contribution in [3.63, 3.8) is 0 Å². The van der Waals surface area contributed by atoms with E-state index in [1.54, 1.807) is 12.3 Å². The molecule has 0 spiro atoms. The van der Waals surface area contributed by atoms with Crippen LogP contribution < -0.4 is 14.8 Å². The van der Waals surface area contributed by atoms with Crippen molar-refractivity contribution in [1.29, 1.82) is 0 Å². The van der Waals surface area contributed by atoms with Crippen molar-refractivity contribution in [3.8, 4) is 0 Å². The van der Waals surface area contributed by atoms with Gasteiger partial charge < -0.3 is 4.90 Å². The molecule has 1 aliphatic heterocycles. The summed E-state index contributed by atoms with van der Waals surface area (Å²) in [5, 5.41) is 10.9. The van der Waals surface area contributed by atoms with Gasteiger partial charge in [0.15, 0.2) is 0 Å². The molecule has 6 nitrogen and oxygen atoms in total. The molecule has 1 fully saturated rings. The summed E-state index contributed by atoms with van der Waals surface area (Å²) in [6, 6.07) is 3.19. The first-order chi connectivity index (χ1) is 7.68. The molecule has 2 N–H and O–H groups in total. The van der Waals surface area contributed by atoms with Gasteiger partial charge in [-0.25, -0.2) is 9.88 Å². The van der Waals surface area contributed by atoms with Gasteiger partial charge in [0.1, 0.15) is 26.2 Å². The average Bonchev–Trinajstić information content (AvgIpc) is 2.30. The molecule has 0 aromatic carbocycles. The third kappa shape index (κ3) is 2.11. The summed E-state index contributed by atoms with van der Waals surface area (Å²) in [5.74, 6) is 0.625. The van der Waals surface area contributed by atoms with Crippen LogP contribution in [0.4, 0.5) is 11.5 Å². The first kappa shape index (κ1) is 10.8. The smallest absolute Gasteiger partial charge is 0.331 e. The van der Waals surface area contributed by atoms with Gasteiger partial charge in [0, 0.05) is 6.07 Å². The first-order valence-corrected chi connectivity index (χ1v) is 5.40. The van der Waals surface area contributed by atoms with Gasteiger partial charge in [0.25, 0.3) is 0 Å². The number of likely N-dealkylation sites (N-methyl/N-ethyl adjacent to an activating group) is 1. The monoisotopic (exact) mass is 224 g/mol. The van der Waals surface area contributed by atoms with E-state index in [1.165, 1.54) is 11.0 Å². The summed E-state index contributed by atoms with van der Waals surface area (Å²) >= 11 is 0. The van der Waals surface area contributed by atoms with E-state index in [0.717, 1.165) is 26.2 Å². The van der Waals surface area contributed by atoms with Crippen LogP contribution in [0.1, 0.15) is 0 Å². The Hall–Kier alpha value is -1.69. The summed E-state index contributed by atoms with van der Waals surface area (Å²) in [4.78, 5) is 17.0. The normalized spacial score (nSPS) is 17.4. The zero-order chi connectivity index (χ0) is 11.5. The number of piperazine rings is 1. The Kier molecular flexibility index (Phi) is 3.00. The minimum atomic E-state index is -0.336. The van der Waals surface area contributed by atoms with Gasteiger partial charge >= 0.3 is 11.5 Å². The highest BCUT2D eigenvalue weighted by atomic mass is 16.6. The van der Waals surface area contributed by atoms with Crippen LogP contribution in [-0.4, -0.2) is 38.2 Å². The van der Waals surface area contributed by atoms with Crippen LogP contribution in [0.25, 0.3) is 0 Å². The van der Waals surface area contributed by atoms with Crippen LogP contribution in [-0.2, 0) is 0 Å². The molecule has 16 heavy (non-hydrogen) atoms. The predicted octanol–water partition coefficient (Wildman–Crippen LogP) is -1.26. The number of nitro groups is 1. The maximum absolute atomic E-state index is 10.9. The lowest BCUT2D eigenvalue weighted by Crippen LogP contribution is -3.12. The number of anilines is 1. The maximum atomic E-state index is 10.9. The number of H-pyrrole nitrogens is 1. The van der Waals surface area contributed by atoms with Crippen LogP contribution >= 0.6 is 0 Å². The molecule has 0 aliphatic carbocycles. The summed E-state index contributed by atoms with van der Waals surface area (Å²) in [6.45, 7) is 3.74. The molecular weight excluding hydrogens is 208 g/mol. The van der Waals surface area contributed by atoms with E-state index in [2.05, 4.69) is 12.0 Å². The van der Waals surface area contributed by atoms with Gasteiger partial charge in [-0.2, -0.15) is 0 Å². The summed E-state index contributed by atoms with van der Waals surface area (Å²) < 4.78 is 0. The standard InChI is InChI=1S/C10H14N4O2/c1-12-5-7-13(8-6-12)10-9(14(15)16)3-2-4-11-10/h2-4H,5-8H2,1H3/p+2. The molecule has 1 saturated heterocycles. The van der Waals surface area contributed by atoms with E-state index < -0.39 is 0 Å². The molecule has 0 amide bonds. The predicted molar refractivity (Wildman–Crippen MR) is 58.5 cm³/mol. The van der Waals surface area contributed by atoms with Gasteiger partial charge in [-0.3, -0.25) is 10.1 Å². The highest BCUT2D eigenvalue weighted by Crippen LogP contribution is 2.21. The average molecular weight is 224 g/mol. The fourth-order valence-electron chi connectivity index (χ4n) is 1.93. The van der Waals surface area contributed by atoms with Gasteiger partial charge in [-0.1, -0.05) is 0 Å². The molecule has 2 rings (SSSR count). The second-order valence-corrected chi connectivity index (χ2v) is 4.11. The van der Waals surface area contributed by atoms with Crippen LogP contribution in [0, 0.1) is 10.1 Å². The maximum Gasteiger partial charge on any atom is 0.357 e. The number of nitrogens with zero attached hydrogens (tertiary/aromatic N) is 2. The third-order valence-corrected chi connectivity index (χ3v) is 2.94. The van der Waals surface area contributed by atoms with Gasteiger partial charge in [-0.15, -0.1) is 0 Å². The molecule has 0 radical (unpaired) electrons. The van der Waals surface area contributed by atoms with Crippen molar-refractivity contribution in [2.45, 2.75) is 0 Å². The van der Waals surface area contributed by atoms with Crippen molar-refractivity contribution >= 4 is 11.5 Å². The minimum Gasteiger partial charge on any atom is -0.331 e. The quantitative estimate of drug-likeness (QED) is 0.504. The van der Waals surface area contributed by atoms with Gasteiger partial charge in [0.2, 0.25) is 0 Å². The minimum absolute atomic E-state index is 0.155. The SMILES string of the molecule is C[NH+]1CCN(c2[nH+]cccc2[N+](=O)[O-])CC1. The first-order valence-electron chi connectivity index (χ1n) is 5.40. The lowest BCUT2D eigenvalue weighted by molar-refractivity contribution is -0.880. The lowest BCUT2D eigenvalue weighted by Gasteiger charge is -2.25. The van der Waals surface area contributed by atoms with E-state index >= 15 is 0 Å². The number of nitrogens with one attached hydrogen (secondary N) is 2. The topological polar surface area (TPSA) is 65.0 Å². The van der Waals surface area contributed by atoms with Crippen LogP contribution in [0.15, 0.2) is 18.3 Å². The van der Waals surface area contributed by atoms with Crippen molar-refractivity contribution in [1.82, 2.24) is 0 Å². The number of hydrogen-bond donors (Lipinski definition) is 1. The fraction of sp³-hybridized carbons (Fsp3) is 0.500. The van der Waals surface area contributed by atoms with Crippen LogP contribution in [0.3, 0.4) is 0 Å². The zero-order valence-electron chi connectivity index (χ0n) is 9.27. The number of quaternary nitrogens is 1. The largest absolute Gasteiger partial charge is 0.357 e. The van der Waals surface area contributed by atoms with E-state index in [9.17, 15) is 10.1 Å². The molecule has 0 unspecified atom stereocenters. The van der Waals surface area contributed by atoms with Crippen molar-refractivity contribution in [3.05, 3.63) is 28.4 Å². The Balaban J connectivity index is 2.23. The Bertz CT molecular complexity index is 388. The van der Waals surface area contributed by atoms with Crippen molar-refractivity contribution < 1.29 is 14.8 Å². The number of pyridine rings is 1. The van der Waals surface area contributed by atoms with Crippen molar-refractivity contribution in [2.75, 3.05) is 38.1 Å². The van der Waals surface area contributed by atoms with E-state index in [0.29, 0.717) is 5.82 Å². The molecule has 0 atom stereocenters. The third-order valence-electron chi connectivity index (χ3n) is 2.94. The van der Waals surface area contributed by atoms with Gasteiger partial charge in [-0.05, 0) is 6.07 Å². The highest BCUT2D eigenvalue weighted by molar-refractivity contribution is 5.53. The molecule has 0 bridgehead atoms. The van der Waals surface area contributed by atoms with E-state index in [4.69, 9.17) is 0 Å². The number of aromatic nitrogens is 1. The highest BCUT2D eigenvalue weighted by Gasteiger charge is 2.31. The molecule has 0 saturated carbocycles. The second-order valence-electron chi connectivity index (χ2n) is 4.11. The second kappa shape index (κ2) is 4.44. The molecule has 1 aromatic rings. The Morgan fingerprint density at radius 3 is 2.81 bits per heavy atom. The number of rotatable bonds is 2. The van der Waals surface area contributed by atoms with Crippen LogP contribution in [0.5, 0.6) is 0 Å². The molecule has 86 valence electrons. The summed E-state index contributed by atoms with van der Waals surface area (Å²) in [5.41, 5.74) is 0.155. The Morgan fingerprint density at radius 2 is 2.19 bits per heavy atom. The molecule has 1 aromatic heterocycles. The van der Waals surface area contributed by atoms with E-state index in [-0.39, 0.29) is 10.6 Å². The molecular formula is C10H16N4O2+2. The lowest BCUT2D eigenvalue weighted by atomic mass is 10.3. The number of hydrogen-bond acceptors (Lipinski definition) is 3.